The summed E-state index contributed by atoms with van der Waals surface area (Å²) in [7, 11) is 1.74. The fraction of sp³-hybridized carbons (Fsp3) is 0.429. The van der Waals surface area contributed by atoms with Gasteiger partial charge in [0.15, 0.2) is 0 Å². The van der Waals surface area contributed by atoms with Crippen molar-refractivity contribution in [1.29, 1.82) is 0 Å². The number of nitrogens with one attached hydrogen (secondary N) is 2. The number of carbonyl (C=O) groups is 2. The Morgan fingerprint density at radius 2 is 1.88 bits per heavy atom. The first-order valence-corrected chi connectivity index (χ1v) is 15.4. The highest BCUT2D eigenvalue weighted by Crippen LogP contribution is 2.36. The van der Waals surface area contributed by atoms with Gasteiger partial charge < -0.3 is 29.9 Å². The van der Waals surface area contributed by atoms with E-state index in [2.05, 4.69) is 36.5 Å². The van der Waals surface area contributed by atoms with Crippen LogP contribution in [0.15, 0.2) is 46.6 Å². The fourth-order valence-electron chi connectivity index (χ4n) is 5.38. The van der Waals surface area contributed by atoms with Crippen LogP contribution in [0.3, 0.4) is 0 Å². The minimum atomic E-state index is -0.571. The van der Waals surface area contributed by atoms with Gasteiger partial charge in [0.05, 0.1) is 52.7 Å². The average molecular weight is 675 g/mol. The van der Waals surface area contributed by atoms with Crippen LogP contribution in [0.5, 0.6) is 0 Å². The van der Waals surface area contributed by atoms with Crippen LogP contribution in [0.25, 0.3) is 0 Å². The lowest BCUT2D eigenvalue weighted by Crippen LogP contribution is -2.48. The zero-order valence-electron chi connectivity index (χ0n) is 23.9. The molecule has 0 aliphatic carbocycles. The Morgan fingerprint density at radius 1 is 1.14 bits per heavy atom. The maximum Gasteiger partial charge on any atom is 0.294 e. The van der Waals surface area contributed by atoms with Crippen LogP contribution in [-0.2, 0) is 16.1 Å². The number of nitro groups is 1. The van der Waals surface area contributed by atoms with Gasteiger partial charge in [-0.2, -0.15) is 0 Å². The van der Waals surface area contributed by atoms with E-state index < -0.39 is 17.1 Å². The monoisotopic (exact) mass is 673 g/mol. The summed E-state index contributed by atoms with van der Waals surface area (Å²) in [4.78, 5) is 50.8. The Kier molecular flexibility index (Phi) is 9.54. The number of pyridine rings is 1. The molecule has 13 nitrogen and oxygen atoms in total. The van der Waals surface area contributed by atoms with Crippen LogP contribution in [0, 0.1) is 10.1 Å². The van der Waals surface area contributed by atoms with Gasteiger partial charge >= 0.3 is 0 Å². The van der Waals surface area contributed by atoms with Gasteiger partial charge in [-0.3, -0.25) is 24.7 Å². The number of amides is 2. The number of thiazole rings is 1. The molecule has 0 bridgehead atoms. The van der Waals surface area contributed by atoms with E-state index in [0.29, 0.717) is 28.8 Å². The van der Waals surface area contributed by atoms with Gasteiger partial charge in [0.25, 0.3) is 17.5 Å². The van der Waals surface area contributed by atoms with Crippen LogP contribution in [0.4, 0.5) is 17.1 Å². The predicted octanol–water partition coefficient (Wildman–Crippen LogP) is 4.02. The molecule has 5 rings (SSSR count). The number of benzene rings is 1. The second kappa shape index (κ2) is 13.3. The second-order valence-electron chi connectivity index (χ2n) is 10.5. The summed E-state index contributed by atoms with van der Waals surface area (Å²) in [5.41, 5.74) is 1.05. The molecule has 2 aromatic heterocycles. The molecule has 43 heavy (non-hydrogen) atoms. The van der Waals surface area contributed by atoms with E-state index in [-0.39, 0.29) is 60.7 Å². The third-order valence-corrected chi connectivity index (χ3v) is 8.49. The molecule has 0 radical (unpaired) electrons. The highest BCUT2D eigenvalue weighted by molar-refractivity contribution is 9.10. The molecule has 15 heteroatoms. The number of nitro benzene ring substituents is 1. The van der Waals surface area contributed by atoms with Crippen molar-refractivity contribution in [3.05, 3.63) is 72.9 Å². The molecule has 4 heterocycles. The number of morpholine rings is 1. The molecule has 0 spiro atoms. The Morgan fingerprint density at radius 3 is 2.56 bits per heavy atom. The molecular weight excluding hydrogens is 642 g/mol. The minimum absolute atomic E-state index is 0.0750. The molecule has 228 valence electrons. The number of hydrogen-bond donors (Lipinski definition) is 2. The molecule has 1 aromatic carbocycles. The lowest BCUT2D eigenvalue weighted by Gasteiger charge is -2.35. The van der Waals surface area contributed by atoms with Crippen molar-refractivity contribution in [3.8, 4) is 0 Å². The molecule has 2 amide bonds. The summed E-state index contributed by atoms with van der Waals surface area (Å²) < 4.78 is 12.4. The van der Waals surface area contributed by atoms with Crippen molar-refractivity contribution in [2.45, 2.75) is 44.8 Å². The number of halogens is 1. The number of rotatable bonds is 9. The van der Waals surface area contributed by atoms with E-state index >= 15 is 0 Å². The van der Waals surface area contributed by atoms with E-state index in [9.17, 15) is 19.7 Å². The topological polar surface area (TPSA) is 152 Å². The Labute approximate surface area is 260 Å². The molecular formula is C28H32BrN7O6S. The smallest absolute Gasteiger partial charge is 0.294 e. The number of nitrogens with zero attached hydrogens (tertiary/aromatic N) is 5. The molecule has 2 saturated heterocycles. The van der Waals surface area contributed by atoms with Crippen molar-refractivity contribution in [2.75, 3.05) is 43.9 Å². The third-order valence-electron chi connectivity index (χ3n) is 7.28. The summed E-state index contributed by atoms with van der Waals surface area (Å²) in [6.07, 6.45) is 3.88. The van der Waals surface area contributed by atoms with Gasteiger partial charge in [0.1, 0.15) is 10.7 Å². The van der Waals surface area contributed by atoms with Gasteiger partial charge in [0, 0.05) is 67.7 Å². The van der Waals surface area contributed by atoms with Crippen LogP contribution >= 0.6 is 27.3 Å². The highest BCUT2D eigenvalue weighted by atomic mass is 79.9. The van der Waals surface area contributed by atoms with Crippen LogP contribution in [0.2, 0.25) is 0 Å². The Balaban J connectivity index is 1.47. The number of likely N-dealkylation sites (tertiary alicyclic amines) is 1. The highest BCUT2D eigenvalue weighted by Gasteiger charge is 2.39. The van der Waals surface area contributed by atoms with Crippen LogP contribution in [-0.4, -0.2) is 94.1 Å². The summed E-state index contributed by atoms with van der Waals surface area (Å²) in [6.45, 7) is 5.08. The number of hydrogen-bond acceptors (Lipinski definition) is 11. The summed E-state index contributed by atoms with van der Waals surface area (Å²) in [5.74, 6) is -0.607. The van der Waals surface area contributed by atoms with E-state index in [4.69, 9.17) is 9.47 Å². The zero-order chi connectivity index (χ0) is 30.7. The molecule has 2 aliphatic rings. The summed E-state index contributed by atoms with van der Waals surface area (Å²) in [5, 5.41) is 21.1. The van der Waals surface area contributed by atoms with Crippen LogP contribution in [0.1, 0.15) is 39.6 Å². The number of carbonyl (C=O) groups excluding carboxylic acids is 2. The van der Waals surface area contributed by atoms with Crippen molar-refractivity contribution in [2.24, 2.45) is 0 Å². The summed E-state index contributed by atoms with van der Waals surface area (Å²) in [6, 6.07) is 4.09. The standard InChI is InChI=1S/C28H32BrN7O6S/c1-16-11-34(12-17(2)42-16)28(38)21-7-19(29)8-23(36(39)40)26(21)33-22-13-35(14-24(22)41-15-25-32-4-5-43-25)27(37)18-6-20(30-3)10-31-9-18/h4-10,16-17,22,24,30,33H,11-15H2,1-3H3/t16-,17+,22-,24-/m0/s1. The molecule has 2 aliphatic heterocycles. The largest absolute Gasteiger partial charge is 0.387 e. The molecule has 0 unspecified atom stereocenters. The third kappa shape index (κ3) is 7.12. The maximum atomic E-state index is 13.9. The lowest BCUT2D eigenvalue weighted by molar-refractivity contribution is -0.384. The van der Waals surface area contributed by atoms with E-state index in [1.807, 2.05) is 19.2 Å². The predicted molar refractivity (Wildman–Crippen MR) is 164 cm³/mol. The Bertz CT molecular complexity index is 1480. The van der Waals surface area contributed by atoms with E-state index in [0.717, 1.165) is 5.01 Å². The first-order chi connectivity index (χ1) is 20.6. The zero-order valence-corrected chi connectivity index (χ0v) is 26.3. The number of anilines is 2. The quantitative estimate of drug-likeness (QED) is 0.252. The molecule has 2 fully saturated rings. The maximum absolute atomic E-state index is 13.9. The SMILES string of the molecule is CNc1cncc(C(=O)N2C[C@H](Nc3c(C(=O)N4C[C@@H](C)O[C@@H](C)C4)cc(Br)cc3[N+](=O)[O-])[C@@H](OCc3nccs3)C2)c1. The molecule has 2 N–H and O–H groups in total. The van der Waals surface area contributed by atoms with Gasteiger partial charge in [-0.15, -0.1) is 11.3 Å². The van der Waals surface area contributed by atoms with Gasteiger partial charge in [0.2, 0.25) is 0 Å². The van der Waals surface area contributed by atoms with Crippen LogP contribution < -0.4 is 10.6 Å². The first kappa shape index (κ1) is 30.8. The summed E-state index contributed by atoms with van der Waals surface area (Å²) >= 11 is 4.79. The number of aromatic nitrogens is 2. The fourth-order valence-corrected chi connectivity index (χ4v) is 6.36. The number of ether oxygens (including phenoxy) is 2. The average Bonchev–Trinajstić information content (AvgIpc) is 3.65. The first-order valence-electron chi connectivity index (χ1n) is 13.7. The van der Waals surface area contributed by atoms with Crippen molar-refractivity contribution < 1.29 is 24.0 Å². The van der Waals surface area contributed by atoms with Crippen molar-refractivity contribution >= 4 is 56.1 Å². The van der Waals surface area contributed by atoms with E-state index in [1.54, 1.807) is 41.4 Å². The molecule has 4 atom stereocenters. The van der Waals surface area contributed by atoms with Gasteiger partial charge in [-0.25, -0.2) is 4.98 Å². The van der Waals surface area contributed by atoms with Crippen molar-refractivity contribution in [1.82, 2.24) is 19.8 Å². The minimum Gasteiger partial charge on any atom is -0.387 e. The molecule has 0 saturated carbocycles. The molecule has 3 aromatic rings. The van der Waals surface area contributed by atoms with E-state index in [1.165, 1.54) is 23.6 Å². The van der Waals surface area contributed by atoms with Crippen molar-refractivity contribution in [3.63, 3.8) is 0 Å². The van der Waals surface area contributed by atoms with Gasteiger partial charge in [-0.05, 0) is 26.0 Å². The normalized spacial score (nSPS) is 22.0. The Hall–Kier alpha value is -3.66. The van der Waals surface area contributed by atoms with Gasteiger partial charge in [-0.1, -0.05) is 15.9 Å². The second-order valence-corrected chi connectivity index (χ2v) is 12.4. The lowest BCUT2D eigenvalue weighted by atomic mass is 10.1.